The van der Waals surface area contributed by atoms with E-state index in [1.807, 2.05) is 30.3 Å². The fraction of sp³-hybridized carbons (Fsp3) is 0.103. The Kier molecular flexibility index (Phi) is 10.6. The van der Waals surface area contributed by atoms with Gasteiger partial charge in [0.2, 0.25) is 0 Å². The molecule has 10 aromatic rings. The molecule has 2 aliphatic heterocycles. The normalized spacial score (nSPS) is 13.7. The zero-order valence-electron chi connectivity index (χ0n) is 40.6. The van der Waals surface area contributed by atoms with Crippen LogP contribution in [0.3, 0.4) is 0 Å². The third kappa shape index (κ3) is 7.66. The molecular weight excluding hydrogens is 888 g/mol. The van der Waals surface area contributed by atoms with Crippen molar-refractivity contribution in [2.75, 3.05) is 9.80 Å². The molecule has 0 N–H and O–H groups in total. The van der Waals surface area contributed by atoms with Gasteiger partial charge in [-0.25, -0.2) is 4.79 Å². The molecular formula is C68H51BN2O2. The van der Waals surface area contributed by atoms with Crippen LogP contribution in [-0.2, 0) is 37.0 Å². The fourth-order valence-corrected chi connectivity index (χ4v) is 12.3. The van der Waals surface area contributed by atoms with Crippen LogP contribution in [0.5, 0.6) is 0 Å². The van der Waals surface area contributed by atoms with Gasteiger partial charge in [0.05, 0.1) is 5.56 Å². The highest BCUT2D eigenvalue weighted by atomic mass is 16.5. The molecule has 4 aliphatic rings. The third-order valence-corrected chi connectivity index (χ3v) is 15.7. The number of aryl methyl sites for hydroxylation is 4. The number of anilines is 6. The number of fused-ring (bicyclic) bond motifs is 6. The van der Waals surface area contributed by atoms with Crippen LogP contribution in [0.4, 0.5) is 34.1 Å². The van der Waals surface area contributed by atoms with Crippen LogP contribution in [-0.4, -0.2) is 12.7 Å². The van der Waals surface area contributed by atoms with E-state index in [-0.39, 0.29) is 19.3 Å². The molecule has 73 heavy (non-hydrogen) atoms. The largest absolute Gasteiger partial charge is 0.457 e. The molecule has 4 nitrogen and oxygen atoms in total. The van der Waals surface area contributed by atoms with Gasteiger partial charge in [0.15, 0.2) is 0 Å². The van der Waals surface area contributed by atoms with Gasteiger partial charge in [0.25, 0.3) is 6.71 Å². The quantitative estimate of drug-likeness (QED) is 0.107. The second-order valence-corrected chi connectivity index (χ2v) is 20.2. The predicted molar refractivity (Wildman–Crippen MR) is 302 cm³/mol. The second-order valence-electron chi connectivity index (χ2n) is 20.2. The van der Waals surface area contributed by atoms with Crippen molar-refractivity contribution in [1.82, 2.24) is 0 Å². The molecule has 5 heteroatoms. The Morgan fingerprint density at radius 3 is 1.12 bits per heavy atom. The predicted octanol–water partition coefficient (Wildman–Crippen LogP) is 14.8. The van der Waals surface area contributed by atoms with Crippen LogP contribution >= 0.6 is 0 Å². The lowest BCUT2D eigenvalue weighted by atomic mass is 9.33. The first-order valence-corrected chi connectivity index (χ1v) is 25.9. The Morgan fingerprint density at radius 1 is 0.384 bits per heavy atom. The van der Waals surface area contributed by atoms with Gasteiger partial charge in [-0.3, -0.25) is 0 Å². The number of esters is 1. The molecule has 0 amide bonds. The number of hydrogen-bond donors (Lipinski definition) is 0. The number of rotatable bonds is 9. The van der Waals surface area contributed by atoms with Crippen LogP contribution in [0.1, 0.15) is 51.0 Å². The van der Waals surface area contributed by atoms with Crippen LogP contribution in [0, 0.1) is 0 Å². The first kappa shape index (κ1) is 43.2. The smallest absolute Gasteiger partial charge is 0.338 e. The minimum absolute atomic E-state index is 0.0921. The van der Waals surface area contributed by atoms with E-state index in [0.717, 1.165) is 111 Å². The molecule has 0 radical (unpaired) electrons. The zero-order valence-corrected chi connectivity index (χ0v) is 40.6. The number of ether oxygens (including phenoxy) is 1. The maximum absolute atomic E-state index is 15.1. The molecule has 0 aromatic heterocycles. The lowest BCUT2D eigenvalue weighted by molar-refractivity contribution is 0.0473. The zero-order chi connectivity index (χ0) is 48.4. The number of hydrogen-bond acceptors (Lipinski definition) is 4. The summed E-state index contributed by atoms with van der Waals surface area (Å²) in [6.45, 7) is 0.0797. The number of carbonyl (C=O) groups is 1. The Morgan fingerprint density at radius 2 is 0.740 bits per heavy atom. The van der Waals surface area contributed by atoms with Crippen LogP contribution in [0.15, 0.2) is 224 Å². The highest BCUT2D eigenvalue weighted by Gasteiger charge is 2.45. The van der Waals surface area contributed by atoms with Crippen molar-refractivity contribution in [1.29, 1.82) is 0 Å². The van der Waals surface area contributed by atoms with Crippen LogP contribution in [0.25, 0.3) is 44.5 Å². The summed E-state index contributed by atoms with van der Waals surface area (Å²) < 4.78 is 6.32. The summed E-state index contributed by atoms with van der Waals surface area (Å²) in [5.41, 5.74) is 26.5. The first-order valence-electron chi connectivity index (χ1n) is 25.9. The van der Waals surface area contributed by atoms with E-state index in [1.54, 1.807) is 0 Å². The molecule has 0 spiro atoms. The lowest BCUT2D eigenvalue weighted by Gasteiger charge is -2.45. The molecule has 2 heterocycles. The molecule has 0 fully saturated rings. The van der Waals surface area contributed by atoms with E-state index < -0.39 is 0 Å². The molecule has 0 saturated heterocycles. The van der Waals surface area contributed by atoms with E-state index in [9.17, 15) is 0 Å². The van der Waals surface area contributed by atoms with Crippen LogP contribution in [0.2, 0.25) is 0 Å². The fourth-order valence-electron chi connectivity index (χ4n) is 12.3. The van der Waals surface area contributed by atoms with Gasteiger partial charge in [-0.05, 0) is 188 Å². The van der Waals surface area contributed by atoms with Gasteiger partial charge in [-0.15, -0.1) is 0 Å². The molecule has 0 unspecified atom stereocenters. The maximum atomic E-state index is 15.1. The van der Waals surface area contributed by atoms with E-state index in [0.29, 0.717) is 5.56 Å². The van der Waals surface area contributed by atoms with Crippen molar-refractivity contribution in [2.45, 2.75) is 45.1 Å². The Hall–Kier alpha value is -8.67. The molecule has 0 atom stereocenters. The summed E-state index contributed by atoms with van der Waals surface area (Å²) >= 11 is 0. The first-order chi connectivity index (χ1) is 36.1. The maximum Gasteiger partial charge on any atom is 0.338 e. The summed E-state index contributed by atoms with van der Waals surface area (Å²) in [4.78, 5) is 20.0. The van der Waals surface area contributed by atoms with E-state index in [1.165, 1.54) is 50.0 Å². The van der Waals surface area contributed by atoms with Crippen molar-refractivity contribution >= 4 is 63.2 Å². The van der Waals surface area contributed by atoms with Gasteiger partial charge < -0.3 is 14.5 Å². The second kappa shape index (κ2) is 17.9. The minimum Gasteiger partial charge on any atom is -0.457 e. The van der Waals surface area contributed by atoms with Gasteiger partial charge >= 0.3 is 5.97 Å². The highest BCUT2D eigenvalue weighted by molar-refractivity contribution is 7.00. The van der Waals surface area contributed by atoms with Crippen LogP contribution < -0.4 is 26.2 Å². The van der Waals surface area contributed by atoms with Crippen molar-refractivity contribution in [2.24, 2.45) is 0 Å². The molecule has 10 aromatic carbocycles. The lowest BCUT2D eigenvalue weighted by Crippen LogP contribution is -2.61. The Labute approximate surface area is 427 Å². The summed E-state index contributed by atoms with van der Waals surface area (Å²) in [7, 11) is 0. The summed E-state index contributed by atoms with van der Waals surface area (Å²) in [6, 6.07) is 81.3. The minimum atomic E-state index is -0.357. The number of benzene rings is 10. The molecule has 0 saturated carbocycles. The van der Waals surface area contributed by atoms with E-state index in [4.69, 9.17) is 4.74 Å². The van der Waals surface area contributed by atoms with Gasteiger partial charge in [0, 0.05) is 34.1 Å². The van der Waals surface area contributed by atoms with E-state index >= 15 is 4.79 Å². The standard InChI is InChI=1S/C68H51BN2O2/c72-68(73-44-45-18-6-1-7-19-45)58-42-65-67-66(43-58)71(60-36-56(48-24-12-4-13-25-48)33-57(37-60)49-26-14-5-15-27-49)64-41-53-31-17-29-51(53)39-62(64)69(67)61-38-50-28-16-30-52(50)40-63(61)70(65)59-34-54(46-20-8-2-9-21-46)32-55(35-59)47-22-10-3-11-23-47/h1-15,18-27,32-43H,16-17,28-31,44H2. The number of carbonyl (C=O) groups excluding carboxylic acids is 1. The third-order valence-electron chi connectivity index (χ3n) is 15.7. The average molecular weight is 939 g/mol. The van der Waals surface area contributed by atoms with Crippen molar-refractivity contribution in [3.05, 3.63) is 258 Å². The van der Waals surface area contributed by atoms with Crippen molar-refractivity contribution in [3.8, 4) is 44.5 Å². The molecule has 14 rings (SSSR count). The van der Waals surface area contributed by atoms with E-state index in [2.05, 4.69) is 204 Å². The molecule has 2 aliphatic carbocycles. The van der Waals surface area contributed by atoms with Gasteiger partial charge in [0.1, 0.15) is 6.61 Å². The summed E-state index contributed by atoms with van der Waals surface area (Å²) in [6.07, 6.45) is 6.51. The summed E-state index contributed by atoms with van der Waals surface area (Å²) in [5, 5.41) is 0. The average Bonchev–Trinajstić information content (AvgIpc) is 4.14. The Bertz CT molecular complexity index is 3430. The van der Waals surface area contributed by atoms with Gasteiger partial charge in [-0.2, -0.15) is 0 Å². The van der Waals surface area contributed by atoms with Crippen molar-refractivity contribution in [3.63, 3.8) is 0 Å². The summed E-state index contributed by atoms with van der Waals surface area (Å²) in [5.74, 6) is -0.357. The Balaban J connectivity index is 1.08. The van der Waals surface area contributed by atoms with Crippen molar-refractivity contribution < 1.29 is 9.53 Å². The van der Waals surface area contributed by atoms with Gasteiger partial charge in [-0.1, -0.05) is 164 Å². The molecule has 348 valence electrons. The number of nitrogens with zero attached hydrogens (tertiary/aromatic N) is 2. The monoisotopic (exact) mass is 938 g/mol. The topological polar surface area (TPSA) is 32.8 Å². The molecule has 0 bridgehead atoms. The SMILES string of the molecule is O=C(OCc1ccccc1)c1cc2c3c(c1)N(c1cc(-c4ccccc4)cc(-c4ccccc4)c1)c1cc4c(cc1B3c1cc3c(cc1N2c1cc(-c2ccccc2)cc(-c2ccccc2)c1)CCC3)CCC4. The highest BCUT2D eigenvalue weighted by Crippen LogP contribution is 2.49.